The molecule has 0 saturated heterocycles. The van der Waals surface area contributed by atoms with E-state index < -0.39 is 5.97 Å². The Morgan fingerprint density at radius 1 is 1.20 bits per heavy atom. The summed E-state index contributed by atoms with van der Waals surface area (Å²) in [5, 5.41) is 0.973. The number of ether oxygens (including phenoxy) is 1. The number of carbonyl (C=O) groups is 1. The van der Waals surface area contributed by atoms with Gasteiger partial charge in [-0.05, 0) is 36.6 Å². The van der Waals surface area contributed by atoms with Crippen LogP contribution in [0.4, 0.5) is 4.39 Å². The number of halogens is 2. The highest BCUT2D eigenvalue weighted by Gasteiger charge is 2.19. The highest BCUT2D eigenvalue weighted by Crippen LogP contribution is 2.22. The third-order valence-electron chi connectivity index (χ3n) is 3.36. The summed E-state index contributed by atoms with van der Waals surface area (Å²) in [6.45, 7) is 0.0617. The summed E-state index contributed by atoms with van der Waals surface area (Å²) in [4.78, 5) is 20.6. The van der Waals surface area contributed by atoms with Gasteiger partial charge in [-0.3, -0.25) is 4.57 Å². The van der Waals surface area contributed by atoms with Crippen LogP contribution in [0.3, 0.4) is 0 Å². The molecule has 0 aliphatic heterocycles. The van der Waals surface area contributed by atoms with Gasteiger partial charge in [0.2, 0.25) is 0 Å². The molecule has 0 spiro atoms. The van der Waals surface area contributed by atoms with E-state index in [0.717, 1.165) is 5.56 Å². The molecule has 0 fully saturated rings. The van der Waals surface area contributed by atoms with Crippen molar-refractivity contribution < 1.29 is 13.9 Å². The van der Waals surface area contributed by atoms with Crippen LogP contribution in [0, 0.1) is 5.82 Å². The molecule has 0 unspecified atom stereocenters. The minimum atomic E-state index is -0.535. The number of hydrogen-bond donors (Lipinski definition) is 0. The number of hydrogen-bond acceptors (Lipinski definition) is 5. The maximum Gasteiger partial charge on any atom is 0.357 e. The Labute approximate surface area is 152 Å². The molecule has 8 heteroatoms. The summed E-state index contributed by atoms with van der Waals surface area (Å²) in [6, 6.07) is 9.17. The molecular weight excluding hydrogens is 365 g/mol. The SMILES string of the molecule is CSc1ncc(C(=O)OCc2ccc(Cl)nc2)n1-c1ccc(F)cc1. The second-order valence-corrected chi connectivity index (χ2v) is 6.17. The first kappa shape index (κ1) is 17.4. The third-order valence-corrected chi connectivity index (χ3v) is 4.24. The average molecular weight is 378 g/mol. The van der Waals surface area contributed by atoms with E-state index in [-0.39, 0.29) is 18.1 Å². The molecule has 5 nitrogen and oxygen atoms in total. The van der Waals surface area contributed by atoms with Gasteiger partial charge in [0, 0.05) is 17.4 Å². The second-order valence-electron chi connectivity index (χ2n) is 5.01. The zero-order valence-corrected chi connectivity index (χ0v) is 14.7. The summed E-state index contributed by atoms with van der Waals surface area (Å²) in [7, 11) is 0. The number of carbonyl (C=O) groups excluding carboxylic acids is 1. The smallest absolute Gasteiger partial charge is 0.357 e. The van der Waals surface area contributed by atoms with Gasteiger partial charge >= 0.3 is 5.97 Å². The Morgan fingerprint density at radius 3 is 2.60 bits per heavy atom. The van der Waals surface area contributed by atoms with Crippen molar-refractivity contribution in [3.8, 4) is 5.69 Å². The molecular formula is C17H13ClFN3O2S. The molecule has 128 valence electrons. The van der Waals surface area contributed by atoms with Gasteiger partial charge in [0.15, 0.2) is 10.9 Å². The van der Waals surface area contributed by atoms with Crippen molar-refractivity contribution in [1.82, 2.24) is 14.5 Å². The summed E-state index contributed by atoms with van der Waals surface area (Å²) in [5.41, 5.74) is 1.61. The van der Waals surface area contributed by atoms with Gasteiger partial charge in [0.25, 0.3) is 0 Å². The number of nitrogens with zero attached hydrogens (tertiary/aromatic N) is 3. The van der Waals surface area contributed by atoms with Crippen LogP contribution < -0.4 is 0 Å². The van der Waals surface area contributed by atoms with Crippen molar-refractivity contribution in [2.24, 2.45) is 0 Å². The number of rotatable bonds is 5. The molecule has 0 saturated carbocycles. The van der Waals surface area contributed by atoms with Crippen molar-refractivity contribution in [1.29, 1.82) is 0 Å². The number of pyridine rings is 1. The average Bonchev–Trinajstić information content (AvgIpc) is 3.06. The molecule has 3 rings (SSSR count). The molecule has 0 atom stereocenters. The van der Waals surface area contributed by atoms with Crippen LogP contribution >= 0.6 is 23.4 Å². The van der Waals surface area contributed by atoms with Crippen molar-refractivity contribution in [2.75, 3.05) is 6.26 Å². The maximum absolute atomic E-state index is 13.2. The maximum atomic E-state index is 13.2. The Kier molecular flexibility index (Phi) is 5.35. The quantitative estimate of drug-likeness (QED) is 0.380. The van der Waals surface area contributed by atoms with E-state index >= 15 is 0 Å². The lowest BCUT2D eigenvalue weighted by molar-refractivity contribution is 0.0462. The number of benzene rings is 1. The van der Waals surface area contributed by atoms with Gasteiger partial charge in [-0.2, -0.15) is 0 Å². The lowest BCUT2D eigenvalue weighted by Gasteiger charge is -2.11. The number of imidazole rings is 1. The minimum absolute atomic E-state index is 0.0617. The molecule has 3 aromatic rings. The molecule has 25 heavy (non-hydrogen) atoms. The summed E-state index contributed by atoms with van der Waals surface area (Å²) >= 11 is 7.10. The predicted molar refractivity (Wildman–Crippen MR) is 93.7 cm³/mol. The first-order valence-electron chi connectivity index (χ1n) is 7.23. The lowest BCUT2D eigenvalue weighted by Crippen LogP contribution is -2.12. The molecule has 0 aliphatic rings. The highest BCUT2D eigenvalue weighted by molar-refractivity contribution is 7.98. The summed E-state index contributed by atoms with van der Waals surface area (Å²) in [5.74, 6) is -0.888. The topological polar surface area (TPSA) is 57.0 Å². The van der Waals surface area contributed by atoms with E-state index in [1.165, 1.54) is 30.1 Å². The summed E-state index contributed by atoms with van der Waals surface area (Å²) in [6.07, 6.45) is 4.83. The van der Waals surface area contributed by atoms with Gasteiger partial charge in [-0.1, -0.05) is 29.4 Å². The van der Waals surface area contributed by atoms with Crippen LogP contribution in [-0.2, 0) is 11.3 Å². The Bertz CT molecular complexity index is 882. The first-order valence-corrected chi connectivity index (χ1v) is 8.84. The minimum Gasteiger partial charge on any atom is -0.456 e. The van der Waals surface area contributed by atoms with Gasteiger partial charge in [0.05, 0.1) is 6.20 Å². The van der Waals surface area contributed by atoms with Crippen molar-refractivity contribution in [3.05, 3.63) is 71.0 Å². The predicted octanol–water partition coefficient (Wildman–Crippen LogP) is 4.14. The monoisotopic (exact) mass is 377 g/mol. The molecule has 1 aromatic carbocycles. The molecule has 0 N–H and O–H groups in total. The van der Waals surface area contributed by atoms with Crippen molar-refractivity contribution in [2.45, 2.75) is 11.8 Å². The Morgan fingerprint density at radius 2 is 1.96 bits per heavy atom. The largest absolute Gasteiger partial charge is 0.456 e. The molecule has 2 aromatic heterocycles. The van der Waals surface area contributed by atoms with Crippen LogP contribution in [0.2, 0.25) is 5.15 Å². The van der Waals surface area contributed by atoms with Gasteiger partial charge in [-0.15, -0.1) is 0 Å². The number of aromatic nitrogens is 3. The first-order chi connectivity index (χ1) is 12.1. The van der Waals surface area contributed by atoms with Crippen LogP contribution in [0.15, 0.2) is 53.9 Å². The second kappa shape index (κ2) is 7.67. The van der Waals surface area contributed by atoms with E-state index in [1.54, 1.807) is 35.0 Å². The van der Waals surface area contributed by atoms with Gasteiger partial charge in [-0.25, -0.2) is 19.2 Å². The van der Waals surface area contributed by atoms with Crippen LogP contribution in [0.1, 0.15) is 16.1 Å². The molecule has 0 bridgehead atoms. The van der Waals surface area contributed by atoms with E-state index in [0.29, 0.717) is 16.0 Å². The van der Waals surface area contributed by atoms with E-state index in [1.807, 2.05) is 6.26 Å². The fourth-order valence-electron chi connectivity index (χ4n) is 2.18. The van der Waals surface area contributed by atoms with E-state index in [4.69, 9.17) is 16.3 Å². The van der Waals surface area contributed by atoms with Crippen LogP contribution in [-0.4, -0.2) is 26.8 Å². The van der Waals surface area contributed by atoms with E-state index in [9.17, 15) is 9.18 Å². The zero-order chi connectivity index (χ0) is 17.8. The fraction of sp³-hybridized carbons (Fsp3) is 0.118. The standard InChI is InChI=1S/C17H13ClFN3O2S/c1-25-17-21-9-14(22(17)13-5-3-12(19)4-6-13)16(23)24-10-11-2-7-15(18)20-8-11/h2-9H,10H2,1H3. The van der Waals surface area contributed by atoms with Crippen LogP contribution in [0.25, 0.3) is 5.69 Å². The Balaban J connectivity index is 1.84. The molecule has 0 radical (unpaired) electrons. The zero-order valence-electron chi connectivity index (χ0n) is 13.1. The Hall–Kier alpha value is -2.38. The summed E-state index contributed by atoms with van der Waals surface area (Å²) < 4.78 is 20.1. The van der Waals surface area contributed by atoms with E-state index in [2.05, 4.69) is 9.97 Å². The lowest BCUT2D eigenvalue weighted by atomic mass is 10.3. The van der Waals surface area contributed by atoms with Crippen molar-refractivity contribution in [3.63, 3.8) is 0 Å². The fourth-order valence-corrected chi connectivity index (χ4v) is 2.83. The third kappa shape index (κ3) is 4.00. The normalized spacial score (nSPS) is 10.7. The van der Waals surface area contributed by atoms with Gasteiger partial charge in [0.1, 0.15) is 17.6 Å². The molecule has 0 aliphatic carbocycles. The number of esters is 1. The molecule has 0 amide bonds. The molecule has 2 heterocycles. The van der Waals surface area contributed by atoms with Crippen molar-refractivity contribution >= 4 is 29.3 Å². The van der Waals surface area contributed by atoms with Crippen LogP contribution in [0.5, 0.6) is 0 Å². The van der Waals surface area contributed by atoms with Gasteiger partial charge < -0.3 is 4.74 Å². The highest BCUT2D eigenvalue weighted by atomic mass is 35.5. The number of thioether (sulfide) groups is 1.